The van der Waals surface area contributed by atoms with Crippen LogP contribution in [0.2, 0.25) is 0 Å². The summed E-state index contributed by atoms with van der Waals surface area (Å²) in [7, 11) is 0. The number of rotatable bonds is 3. The third kappa shape index (κ3) is 2.89. The van der Waals surface area contributed by atoms with Crippen LogP contribution in [0, 0.1) is 0 Å². The monoisotopic (exact) mass is 282 g/mol. The summed E-state index contributed by atoms with van der Waals surface area (Å²) in [5.41, 5.74) is 1.60. The largest absolute Gasteiger partial charge is 0.339 e. The van der Waals surface area contributed by atoms with Crippen molar-refractivity contribution in [2.24, 2.45) is 0 Å². The van der Waals surface area contributed by atoms with E-state index in [4.69, 9.17) is 9.47 Å². The molecule has 21 heavy (non-hydrogen) atoms. The van der Waals surface area contributed by atoms with Crippen molar-refractivity contribution in [2.45, 2.75) is 31.8 Å². The summed E-state index contributed by atoms with van der Waals surface area (Å²) in [6.07, 6.45) is -1.00. The molecule has 2 aromatic carbocycles. The summed E-state index contributed by atoms with van der Waals surface area (Å²) in [5.74, 6) is -0.815. The van der Waals surface area contributed by atoms with E-state index in [9.17, 15) is 4.79 Å². The molecule has 0 unspecified atom stereocenters. The molecule has 108 valence electrons. The van der Waals surface area contributed by atoms with Crippen molar-refractivity contribution >= 4 is 5.78 Å². The molecule has 0 spiro atoms. The third-order valence-electron chi connectivity index (χ3n) is 3.54. The van der Waals surface area contributed by atoms with Gasteiger partial charge >= 0.3 is 0 Å². The quantitative estimate of drug-likeness (QED) is 0.804. The van der Waals surface area contributed by atoms with Crippen molar-refractivity contribution in [3.05, 3.63) is 71.8 Å². The number of carbonyl (C=O) groups is 1. The number of benzene rings is 2. The van der Waals surface area contributed by atoms with Crippen LogP contribution < -0.4 is 0 Å². The van der Waals surface area contributed by atoms with Crippen LogP contribution in [0.4, 0.5) is 0 Å². The van der Waals surface area contributed by atoms with Crippen molar-refractivity contribution < 1.29 is 14.3 Å². The Kier molecular flexibility index (Phi) is 3.62. The zero-order chi connectivity index (χ0) is 14.9. The maximum Gasteiger partial charge on any atom is 0.194 e. The summed E-state index contributed by atoms with van der Waals surface area (Å²) in [6, 6.07) is 18.9. The lowest BCUT2D eigenvalue weighted by molar-refractivity contribution is -0.143. The fourth-order valence-corrected chi connectivity index (χ4v) is 2.61. The van der Waals surface area contributed by atoms with Crippen LogP contribution in [0.5, 0.6) is 0 Å². The van der Waals surface area contributed by atoms with Gasteiger partial charge in [0, 0.05) is 5.56 Å². The minimum Gasteiger partial charge on any atom is -0.339 e. The van der Waals surface area contributed by atoms with Gasteiger partial charge in [-0.2, -0.15) is 0 Å². The van der Waals surface area contributed by atoms with Crippen molar-refractivity contribution in [3.8, 4) is 0 Å². The smallest absolute Gasteiger partial charge is 0.194 e. The maximum atomic E-state index is 12.7. The molecule has 0 aliphatic carbocycles. The molecule has 0 amide bonds. The predicted octanol–water partition coefficient (Wildman–Crippen LogP) is 3.76. The number of ether oxygens (including phenoxy) is 2. The minimum atomic E-state index is -0.768. The highest BCUT2D eigenvalue weighted by molar-refractivity contribution is 6.00. The summed E-state index contributed by atoms with van der Waals surface area (Å²) in [5, 5.41) is 0. The fourth-order valence-electron chi connectivity index (χ4n) is 2.61. The zero-order valence-corrected chi connectivity index (χ0v) is 12.2. The lowest BCUT2D eigenvalue weighted by atomic mass is 9.97. The molecule has 2 aromatic rings. The van der Waals surface area contributed by atoms with Crippen molar-refractivity contribution in [1.82, 2.24) is 0 Å². The van der Waals surface area contributed by atoms with Gasteiger partial charge in [0.05, 0.1) is 0 Å². The summed E-state index contributed by atoms with van der Waals surface area (Å²) in [6.45, 7) is 3.67. The van der Waals surface area contributed by atoms with Gasteiger partial charge in [-0.3, -0.25) is 4.79 Å². The van der Waals surface area contributed by atoms with Gasteiger partial charge in [-0.05, 0) is 19.4 Å². The molecule has 0 saturated carbocycles. The van der Waals surface area contributed by atoms with E-state index in [1.165, 1.54) is 0 Å². The van der Waals surface area contributed by atoms with Crippen molar-refractivity contribution in [3.63, 3.8) is 0 Å². The van der Waals surface area contributed by atoms with Gasteiger partial charge in [-0.25, -0.2) is 0 Å². The second-order valence-electron chi connectivity index (χ2n) is 5.62. The number of hydrogen-bond acceptors (Lipinski definition) is 3. The van der Waals surface area contributed by atoms with Gasteiger partial charge in [0.15, 0.2) is 17.7 Å². The Bertz CT molecular complexity index is 619. The molecule has 1 fully saturated rings. The van der Waals surface area contributed by atoms with Crippen LogP contribution >= 0.6 is 0 Å². The van der Waals surface area contributed by atoms with Crippen LogP contribution in [-0.4, -0.2) is 17.7 Å². The Morgan fingerprint density at radius 3 is 2.10 bits per heavy atom. The van der Waals surface area contributed by atoms with E-state index in [2.05, 4.69) is 0 Å². The van der Waals surface area contributed by atoms with Gasteiger partial charge in [0.1, 0.15) is 6.10 Å². The summed E-state index contributed by atoms with van der Waals surface area (Å²) >= 11 is 0. The third-order valence-corrected chi connectivity index (χ3v) is 3.54. The molecule has 1 aliphatic rings. The molecule has 0 aromatic heterocycles. The highest BCUT2D eigenvalue weighted by Crippen LogP contribution is 2.39. The molecule has 1 heterocycles. The van der Waals surface area contributed by atoms with E-state index in [0.717, 1.165) is 5.56 Å². The summed E-state index contributed by atoms with van der Waals surface area (Å²) < 4.78 is 11.8. The van der Waals surface area contributed by atoms with E-state index >= 15 is 0 Å². The molecule has 1 saturated heterocycles. The Labute approximate surface area is 124 Å². The number of Topliss-reactive ketones (excluding diaryl/α,β-unsaturated/α-hetero) is 1. The summed E-state index contributed by atoms with van der Waals surface area (Å²) in [4.78, 5) is 12.7. The normalized spacial score (nSPS) is 23.9. The molecule has 3 heteroatoms. The molecule has 1 aliphatic heterocycles. The predicted molar refractivity (Wildman–Crippen MR) is 80.0 cm³/mol. The van der Waals surface area contributed by atoms with Gasteiger partial charge in [0.2, 0.25) is 0 Å². The van der Waals surface area contributed by atoms with Crippen LogP contribution in [-0.2, 0) is 9.47 Å². The lowest BCUT2D eigenvalue weighted by Gasteiger charge is -2.16. The van der Waals surface area contributed by atoms with E-state index in [1.54, 1.807) is 12.1 Å². The first-order valence-electron chi connectivity index (χ1n) is 7.07. The van der Waals surface area contributed by atoms with Gasteiger partial charge in [0.25, 0.3) is 0 Å². The van der Waals surface area contributed by atoms with Crippen molar-refractivity contribution in [1.29, 1.82) is 0 Å². The zero-order valence-electron chi connectivity index (χ0n) is 12.2. The molecular weight excluding hydrogens is 264 g/mol. The SMILES string of the molecule is CC1(C)O[C@@H](C(=O)c2ccccc2)[C@H](c2ccccc2)O1. The molecular formula is C18H18O3. The minimum absolute atomic E-state index is 0.0463. The van der Waals surface area contributed by atoms with Crippen molar-refractivity contribution in [2.75, 3.05) is 0 Å². The molecule has 2 atom stereocenters. The Morgan fingerprint density at radius 1 is 0.905 bits per heavy atom. The Morgan fingerprint density at radius 2 is 1.48 bits per heavy atom. The van der Waals surface area contributed by atoms with E-state index in [1.807, 2.05) is 62.4 Å². The first-order valence-corrected chi connectivity index (χ1v) is 7.07. The highest BCUT2D eigenvalue weighted by Gasteiger charge is 2.45. The lowest BCUT2D eigenvalue weighted by Crippen LogP contribution is -2.28. The maximum absolute atomic E-state index is 12.7. The van der Waals surface area contributed by atoms with Crippen LogP contribution in [0.25, 0.3) is 0 Å². The fraction of sp³-hybridized carbons (Fsp3) is 0.278. The molecule has 0 bridgehead atoms. The van der Waals surface area contributed by atoms with Gasteiger partial charge in [-0.1, -0.05) is 60.7 Å². The second kappa shape index (κ2) is 5.43. The number of carbonyl (C=O) groups excluding carboxylic acids is 1. The average molecular weight is 282 g/mol. The van der Waals surface area contributed by atoms with Crippen LogP contribution in [0.15, 0.2) is 60.7 Å². The number of hydrogen-bond donors (Lipinski definition) is 0. The molecule has 0 N–H and O–H groups in total. The van der Waals surface area contributed by atoms with Gasteiger partial charge in [-0.15, -0.1) is 0 Å². The standard InChI is InChI=1S/C18H18O3/c1-18(2)20-16(14-11-7-4-8-12-14)17(21-18)15(19)13-9-5-3-6-10-13/h3-12,16-17H,1-2H3/t16-,17-/m0/s1. The first kappa shape index (κ1) is 14.0. The Hall–Kier alpha value is -1.97. The highest BCUT2D eigenvalue weighted by atomic mass is 16.8. The van der Waals surface area contributed by atoms with E-state index in [0.29, 0.717) is 5.56 Å². The number of ketones is 1. The van der Waals surface area contributed by atoms with Gasteiger partial charge < -0.3 is 9.47 Å². The topological polar surface area (TPSA) is 35.5 Å². The molecule has 3 rings (SSSR count). The first-order chi connectivity index (χ1) is 10.1. The second-order valence-corrected chi connectivity index (χ2v) is 5.62. The van der Waals surface area contributed by atoms with E-state index < -0.39 is 11.9 Å². The van der Waals surface area contributed by atoms with Crippen LogP contribution in [0.1, 0.15) is 35.9 Å². The molecule has 3 nitrogen and oxygen atoms in total. The van der Waals surface area contributed by atoms with Crippen LogP contribution in [0.3, 0.4) is 0 Å². The average Bonchev–Trinajstić information content (AvgIpc) is 2.84. The molecule has 0 radical (unpaired) electrons. The Balaban J connectivity index is 1.93. The van der Waals surface area contributed by atoms with E-state index in [-0.39, 0.29) is 11.9 Å².